The van der Waals surface area contributed by atoms with Gasteiger partial charge in [-0.3, -0.25) is 9.59 Å². The number of aromatic nitrogens is 1. The first-order chi connectivity index (χ1) is 14.1. The number of benzene rings is 3. The minimum absolute atomic E-state index is 0.0694. The first-order valence-corrected chi connectivity index (χ1v) is 9.01. The average molecular weight is 388 g/mol. The van der Waals surface area contributed by atoms with Crippen LogP contribution in [-0.2, 0) is 6.54 Å². The fourth-order valence-electron chi connectivity index (χ4n) is 2.91. The fourth-order valence-corrected chi connectivity index (χ4v) is 2.91. The number of carbonyl (C=O) groups excluding carboxylic acids is 1. The first-order valence-electron chi connectivity index (χ1n) is 9.01. The van der Waals surface area contributed by atoms with Crippen LogP contribution in [-0.4, -0.2) is 10.9 Å². The SMILES string of the molecule is O=C(NCc1ccc(Oc2ccc(F)cc2)cc1)c1cc2ccccc2[nH]c1=O. The Morgan fingerprint density at radius 1 is 0.931 bits per heavy atom. The maximum atomic E-state index is 12.9. The molecule has 0 unspecified atom stereocenters. The minimum atomic E-state index is -0.441. The highest BCUT2D eigenvalue weighted by molar-refractivity contribution is 5.97. The van der Waals surface area contributed by atoms with Crippen molar-refractivity contribution in [1.82, 2.24) is 10.3 Å². The van der Waals surface area contributed by atoms with Gasteiger partial charge in [-0.15, -0.1) is 0 Å². The van der Waals surface area contributed by atoms with Crippen LogP contribution in [0.1, 0.15) is 15.9 Å². The number of nitrogens with one attached hydrogen (secondary N) is 2. The van der Waals surface area contributed by atoms with E-state index in [4.69, 9.17) is 4.74 Å². The fraction of sp³-hybridized carbons (Fsp3) is 0.0435. The third kappa shape index (κ3) is 4.32. The van der Waals surface area contributed by atoms with Gasteiger partial charge in [0.15, 0.2) is 0 Å². The number of aromatic amines is 1. The number of carbonyl (C=O) groups is 1. The molecule has 0 saturated heterocycles. The van der Waals surface area contributed by atoms with Crippen molar-refractivity contribution in [1.29, 1.82) is 0 Å². The van der Waals surface area contributed by atoms with Gasteiger partial charge in [-0.05, 0) is 59.5 Å². The van der Waals surface area contributed by atoms with Crippen LogP contribution in [0.2, 0.25) is 0 Å². The standard InChI is InChI=1S/C23H17FN2O3/c24-17-7-11-19(12-8-17)29-18-9-5-15(6-10-18)14-25-22(27)20-13-16-3-1-2-4-21(16)26-23(20)28/h1-13H,14H2,(H,25,27)(H,26,28). The molecule has 0 radical (unpaired) electrons. The molecule has 0 saturated carbocycles. The van der Waals surface area contributed by atoms with Crippen molar-refractivity contribution >= 4 is 16.8 Å². The van der Waals surface area contributed by atoms with Gasteiger partial charge in [0.25, 0.3) is 11.5 Å². The quantitative estimate of drug-likeness (QED) is 0.533. The molecule has 6 heteroatoms. The van der Waals surface area contributed by atoms with E-state index >= 15 is 0 Å². The predicted octanol–water partition coefficient (Wildman–Crippen LogP) is 4.39. The van der Waals surface area contributed by atoms with E-state index in [9.17, 15) is 14.0 Å². The summed E-state index contributed by atoms with van der Waals surface area (Å²) < 4.78 is 18.6. The molecule has 5 nitrogen and oxygen atoms in total. The molecule has 4 rings (SSSR count). The third-order valence-corrected chi connectivity index (χ3v) is 4.42. The highest BCUT2D eigenvalue weighted by Crippen LogP contribution is 2.21. The van der Waals surface area contributed by atoms with Gasteiger partial charge in [0.1, 0.15) is 22.9 Å². The van der Waals surface area contributed by atoms with Gasteiger partial charge in [-0.25, -0.2) is 4.39 Å². The molecule has 0 atom stereocenters. The number of fused-ring (bicyclic) bond motifs is 1. The summed E-state index contributed by atoms with van der Waals surface area (Å²) in [5.74, 6) is 0.359. The van der Waals surface area contributed by atoms with Crippen LogP contribution < -0.4 is 15.6 Å². The molecule has 2 N–H and O–H groups in total. The van der Waals surface area contributed by atoms with Crippen molar-refractivity contribution in [2.45, 2.75) is 6.54 Å². The minimum Gasteiger partial charge on any atom is -0.457 e. The zero-order valence-electron chi connectivity index (χ0n) is 15.3. The Morgan fingerprint density at radius 2 is 1.59 bits per heavy atom. The molecule has 1 amide bonds. The summed E-state index contributed by atoms with van der Waals surface area (Å²) in [7, 11) is 0. The van der Waals surface area contributed by atoms with Crippen LogP contribution in [0.4, 0.5) is 4.39 Å². The second-order valence-electron chi connectivity index (χ2n) is 6.48. The Kier molecular flexibility index (Phi) is 5.07. The average Bonchev–Trinajstić information content (AvgIpc) is 2.74. The maximum absolute atomic E-state index is 12.9. The molecule has 1 aromatic heterocycles. The summed E-state index contributed by atoms with van der Waals surface area (Å²) in [6, 6.07) is 21.8. The lowest BCUT2D eigenvalue weighted by Crippen LogP contribution is -2.29. The number of H-pyrrole nitrogens is 1. The van der Waals surface area contributed by atoms with E-state index in [-0.39, 0.29) is 17.9 Å². The number of hydrogen-bond donors (Lipinski definition) is 2. The van der Waals surface area contributed by atoms with Crippen molar-refractivity contribution in [2.24, 2.45) is 0 Å². The van der Waals surface area contributed by atoms with E-state index in [1.165, 1.54) is 12.1 Å². The van der Waals surface area contributed by atoms with Crippen molar-refractivity contribution in [2.75, 3.05) is 0 Å². The highest BCUT2D eigenvalue weighted by atomic mass is 19.1. The molecule has 1 heterocycles. The number of pyridine rings is 1. The zero-order valence-corrected chi connectivity index (χ0v) is 15.3. The maximum Gasteiger partial charge on any atom is 0.261 e. The molecule has 0 spiro atoms. The van der Waals surface area contributed by atoms with Crippen molar-refractivity contribution in [3.63, 3.8) is 0 Å². The summed E-state index contributed by atoms with van der Waals surface area (Å²) in [5, 5.41) is 3.55. The Labute approximate surface area is 165 Å². The van der Waals surface area contributed by atoms with Gasteiger partial charge >= 0.3 is 0 Å². The van der Waals surface area contributed by atoms with Gasteiger partial charge in [0.05, 0.1) is 0 Å². The second-order valence-corrected chi connectivity index (χ2v) is 6.48. The number of para-hydroxylation sites is 1. The Bertz CT molecular complexity index is 1220. The number of amides is 1. The van der Waals surface area contributed by atoms with Gasteiger partial charge < -0.3 is 15.0 Å². The highest BCUT2D eigenvalue weighted by Gasteiger charge is 2.11. The van der Waals surface area contributed by atoms with E-state index in [0.29, 0.717) is 17.0 Å². The molecule has 0 bridgehead atoms. The summed E-state index contributed by atoms with van der Waals surface area (Å²) in [5.41, 5.74) is 1.18. The van der Waals surface area contributed by atoms with Crippen LogP contribution >= 0.6 is 0 Å². The molecule has 0 aliphatic rings. The van der Waals surface area contributed by atoms with Crippen LogP contribution in [0, 0.1) is 5.82 Å². The number of rotatable bonds is 5. The van der Waals surface area contributed by atoms with E-state index in [1.807, 2.05) is 30.3 Å². The molecule has 0 fully saturated rings. The lowest BCUT2D eigenvalue weighted by molar-refractivity contribution is 0.0949. The summed E-state index contributed by atoms with van der Waals surface area (Å²) in [6.07, 6.45) is 0. The molecular weight excluding hydrogens is 371 g/mol. The number of hydrogen-bond acceptors (Lipinski definition) is 3. The summed E-state index contributed by atoms with van der Waals surface area (Å²) >= 11 is 0. The molecular formula is C23H17FN2O3. The van der Waals surface area contributed by atoms with Crippen LogP contribution in [0.15, 0.2) is 83.7 Å². The van der Waals surface area contributed by atoms with Crippen LogP contribution in [0.25, 0.3) is 10.9 Å². The lowest BCUT2D eigenvalue weighted by Gasteiger charge is -2.08. The first kappa shape index (κ1) is 18.4. The van der Waals surface area contributed by atoms with Gasteiger partial charge in [-0.1, -0.05) is 30.3 Å². The largest absolute Gasteiger partial charge is 0.457 e. The Morgan fingerprint density at radius 3 is 2.31 bits per heavy atom. The Hall–Kier alpha value is -3.93. The molecule has 0 aliphatic heterocycles. The van der Waals surface area contributed by atoms with E-state index in [1.54, 1.807) is 36.4 Å². The van der Waals surface area contributed by atoms with Crippen LogP contribution in [0.3, 0.4) is 0 Å². The predicted molar refractivity (Wildman–Crippen MR) is 109 cm³/mol. The molecule has 4 aromatic rings. The van der Waals surface area contributed by atoms with E-state index < -0.39 is 11.5 Å². The normalized spacial score (nSPS) is 10.7. The van der Waals surface area contributed by atoms with Gasteiger partial charge in [-0.2, -0.15) is 0 Å². The molecule has 0 aliphatic carbocycles. The van der Waals surface area contributed by atoms with E-state index in [2.05, 4.69) is 10.3 Å². The summed E-state index contributed by atoms with van der Waals surface area (Å²) in [4.78, 5) is 27.3. The van der Waals surface area contributed by atoms with Crippen molar-refractivity contribution in [3.05, 3.63) is 106 Å². The van der Waals surface area contributed by atoms with E-state index in [0.717, 1.165) is 10.9 Å². The van der Waals surface area contributed by atoms with Crippen molar-refractivity contribution in [3.8, 4) is 11.5 Å². The molecule has 144 valence electrons. The molecule has 29 heavy (non-hydrogen) atoms. The van der Waals surface area contributed by atoms with Gasteiger partial charge in [0.2, 0.25) is 0 Å². The zero-order chi connectivity index (χ0) is 20.2. The number of ether oxygens (including phenoxy) is 1. The number of halogens is 1. The van der Waals surface area contributed by atoms with Gasteiger partial charge in [0, 0.05) is 12.1 Å². The molecule has 3 aromatic carbocycles. The second kappa shape index (κ2) is 7.98. The summed E-state index contributed by atoms with van der Waals surface area (Å²) in [6.45, 7) is 0.266. The lowest BCUT2D eigenvalue weighted by atomic mass is 10.1. The van der Waals surface area contributed by atoms with Crippen molar-refractivity contribution < 1.29 is 13.9 Å². The smallest absolute Gasteiger partial charge is 0.261 e. The topological polar surface area (TPSA) is 71.2 Å². The van der Waals surface area contributed by atoms with Crippen LogP contribution in [0.5, 0.6) is 11.5 Å². The Balaban J connectivity index is 1.41. The monoisotopic (exact) mass is 388 g/mol. The third-order valence-electron chi connectivity index (χ3n) is 4.42.